The van der Waals surface area contributed by atoms with Crippen LogP contribution in [0.2, 0.25) is 0 Å². The first-order chi connectivity index (χ1) is 17.0. The smallest absolute Gasteiger partial charge is 0.268 e. The van der Waals surface area contributed by atoms with Gasteiger partial charge in [-0.2, -0.15) is 0 Å². The number of carbonyl (C=O) groups is 1. The zero-order chi connectivity index (χ0) is 24.4. The molecular formula is C30H23NO3S. The first-order valence-corrected chi connectivity index (χ1v) is 12.7. The second kappa shape index (κ2) is 9.20. The maximum Gasteiger partial charge on any atom is 0.268 e. The highest BCUT2D eigenvalue weighted by molar-refractivity contribution is 7.90. The van der Waals surface area contributed by atoms with Gasteiger partial charge in [-0.05, 0) is 30.2 Å². The second-order valence-corrected chi connectivity index (χ2v) is 10.1. The van der Waals surface area contributed by atoms with Crippen molar-refractivity contribution >= 4 is 15.8 Å². The Bertz CT molecular complexity index is 1590. The third-order valence-corrected chi connectivity index (χ3v) is 7.62. The van der Waals surface area contributed by atoms with Gasteiger partial charge in [-0.15, -0.1) is 0 Å². The summed E-state index contributed by atoms with van der Waals surface area (Å²) in [7, 11) is -4.00. The number of hydrogen-bond acceptors (Lipinski definition) is 3. The van der Waals surface area contributed by atoms with Crippen molar-refractivity contribution in [2.75, 3.05) is 0 Å². The number of aromatic nitrogens is 1. The maximum absolute atomic E-state index is 13.9. The number of nitrogens with zero attached hydrogens (tertiary/aromatic N) is 1. The Balaban J connectivity index is 1.87. The van der Waals surface area contributed by atoms with Crippen molar-refractivity contribution in [1.82, 2.24) is 3.97 Å². The van der Waals surface area contributed by atoms with Gasteiger partial charge in [0.2, 0.25) is 0 Å². The fraction of sp³-hybridized carbons (Fsp3) is 0.0333. The van der Waals surface area contributed by atoms with Gasteiger partial charge in [-0.3, -0.25) is 4.79 Å². The topological polar surface area (TPSA) is 56.1 Å². The molecule has 0 bridgehead atoms. The molecule has 172 valence electrons. The zero-order valence-corrected chi connectivity index (χ0v) is 19.9. The van der Waals surface area contributed by atoms with Crippen LogP contribution < -0.4 is 0 Å². The van der Waals surface area contributed by atoms with Gasteiger partial charge in [0, 0.05) is 17.3 Å². The van der Waals surface area contributed by atoms with Gasteiger partial charge in [0.15, 0.2) is 5.78 Å². The largest absolute Gasteiger partial charge is 0.289 e. The fourth-order valence-electron chi connectivity index (χ4n) is 4.17. The minimum absolute atomic E-state index is 0.161. The standard InChI is InChI=1S/C30H23NO3S/c1-22-17-19-26(20-18-22)35(33,34)31-21-27(23-11-5-2-6-12-23)28(29(31)24-13-7-3-8-14-24)30(32)25-15-9-4-10-16-25/h2-21H,1H3. The van der Waals surface area contributed by atoms with E-state index >= 15 is 0 Å². The Kier molecular flexibility index (Phi) is 5.93. The van der Waals surface area contributed by atoms with E-state index in [-0.39, 0.29) is 10.7 Å². The average Bonchev–Trinajstić information content (AvgIpc) is 3.32. The molecule has 5 heteroatoms. The lowest BCUT2D eigenvalue weighted by Crippen LogP contribution is -2.14. The molecular weight excluding hydrogens is 454 g/mol. The minimum atomic E-state index is -4.00. The van der Waals surface area contributed by atoms with Crippen LogP contribution in [0, 0.1) is 6.92 Å². The van der Waals surface area contributed by atoms with Crippen LogP contribution in [0.25, 0.3) is 22.4 Å². The highest BCUT2D eigenvalue weighted by Gasteiger charge is 2.30. The summed E-state index contributed by atoms with van der Waals surface area (Å²) < 4.78 is 29.1. The van der Waals surface area contributed by atoms with Crippen LogP contribution in [0.1, 0.15) is 21.5 Å². The Hall–Kier alpha value is -4.22. The summed E-state index contributed by atoms with van der Waals surface area (Å²) in [5, 5.41) is 0. The van der Waals surface area contributed by atoms with E-state index in [1.807, 2.05) is 73.7 Å². The molecule has 1 heterocycles. The number of hydrogen-bond donors (Lipinski definition) is 0. The van der Waals surface area contributed by atoms with E-state index in [0.29, 0.717) is 27.9 Å². The van der Waals surface area contributed by atoms with E-state index in [1.54, 1.807) is 54.7 Å². The molecule has 4 nitrogen and oxygen atoms in total. The molecule has 0 atom stereocenters. The molecule has 5 aromatic rings. The molecule has 0 aliphatic heterocycles. The van der Waals surface area contributed by atoms with E-state index in [1.165, 1.54) is 3.97 Å². The molecule has 0 spiro atoms. The Morgan fingerprint density at radius 3 is 1.74 bits per heavy atom. The summed E-state index contributed by atoms with van der Waals surface area (Å²) in [5.74, 6) is -0.235. The maximum atomic E-state index is 13.9. The molecule has 1 aromatic heterocycles. The van der Waals surface area contributed by atoms with Crippen molar-refractivity contribution in [3.8, 4) is 22.4 Å². The van der Waals surface area contributed by atoms with Crippen LogP contribution >= 0.6 is 0 Å². The lowest BCUT2D eigenvalue weighted by atomic mass is 9.94. The molecule has 0 unspecified atom stereocenters. The minimum Gasteiger partial charge on any atom is -0.289 e. The Morgan fingerprint density at radius 2 is 1.17 bits per heavy atom. The van der Waals surface area contributed by atoms with Crippen molar-refractivity contribution in [2.24, 2.45) is 0 Å². The number of ketones is 1. The van der Waals surface area contributed by atoms with E-state index in [9.17, 15) is 13.2 Å². The third-order valence-electron chi connectivity index (χ3n) is 5.95. The predicted molar refractivity (Wildman–Crippen MR) is 139 cm³/mol. The van der Waals surface area contributed by atoms with E-state index in [2.05, 4.69) is 0 Å². The van der Waals surface area contributed by atoms with Crippen LogP contribution in [0.15, 0.2) is 126 Å². The van der Waals surface area contributed by atoms with Gasteiger partial charge in [0.25, 0.3) is 10.0 Å². The SMILES string of the molecule is Cc1ccc(S(=O)(=O)n2cc(-c3ccccc3)c(C(=O)c3ccccc3)c2-c2ccccc2)cc1. The molecule has 4 aromatic carbocycles. The first-order valence-electron chi connectivity index (χ1n) is 11.2. The van der Waals surface area contributed by atoms with Crippen molar-refractivity contribution < 1.29 is 13.2 Å². The Labute approximate surface area is 205 Å². The quantitative estimate of drug-likeness (QED) is 0.259. The van der Waals surface area contributed by atoms with E-state index in [4.69, 9.17) is 0 Å². The lowest BCUT2D eigenvalue weighted by molar-refractivity contribution is 0.104. The molecule has 0 radical (unpaired) electrons. The zero-order valence-electron chi connectivity index (χ0n) is 19.1. The van der Waals surface area contributed by atoms with Crippen molar-refractivity contribution in [3.05, 3.63) is 138 Å². The van der Waals surface area contributed by atoms with Gasteiger partial charge in [-0.25, -0.2) is 12.4 Å². The second-order valence-electron chi connectivity index (χ2n) is 8.31. The molecule has 0 amide bonds. The third kappa shape index (κ3) is 4.22. The van der Waals surface area contributed by atoms with Gasteiger partial charge >= 0.3 is 0 Å². The number of carbonyl (C=O) groups excluding carboxylic acids is 1. The summed E-state index contributed by atoms with van der Waals surface area (Å²) in [5.41, 5.74) is 4.13. The predicted octanol–water partition coefficient (Wildman–Crippen LogP) is 6.60. The molecule has 35 heavy (non-hydrogen) atoms. The lowest BCUT2D eigenvalue weighted by Gasteiger charge is -2.13. The molecule has 0 aliphatic rings. The monoisotopic (exact) mass is 477 g/mol. The highest BCUT2D eigenvalue weighted by atomic mass is 32.2. The van der Waals surface area contributed by atoms with Crippen molar-refractivity contribution in [1.29, 1.82) is 0 Å². The molecule has 0 N–H and O–H groups in total. The molecule has 5 rings (SSSR count). The van der Waals surface area contributed by atoms with Crippen LogP contribution in [0.5, 0.6) is 0 Å². The molecule has 0 aliphatic carbocycles. The van der Waals surface area contributed by atoms with Gasteiger partial charge < -0.3 is 0 Å². The Morgan fingerprint density at radius 1 is 0.657 bits per heavy atom. The number of benzene rings is 4. The summed E-state index contributed by atoms with van der Waals surface area (Å²) in [4.78, 5) is 14.1. The fourth-order valence-corrected chi connectivity index (χ4v) is 5.55. The van der Waals surface area contributed by atoms with Crippen LogP contribution in [-0.2, 0) is 10.0 Å². The summed E-state index contributed by atoms with van der Waals surface area (Å²) in [6, 6.07) is 34.3. The molecule has 0 saturated carbocycles. The van der Waals surface area contributed by atoms with Crippen molar-refractivity contribution in [2.45, 2.75) is 11.8 Å². The van der Waals surface area contributed by atoms with Crippen molar-refractivity contribution in [3.63, 3.8) is 0 Å². The normalized spacial score (nSPS) is 11.3. The molecule has 0 fully saturated rings. The summed E-state index contributed by atoms with van der Waals surface area (Å²) in [6.07, 6.45) is 1.57. The number of rotatable bonds is 6. The molecule has 0 saturated heterocycles. The summed E-state index contributed by atoms with van der Waals surface area (Å²) >= 11 is 0. The number of aryl methyl sites for hydroxylation is 1. The van der Waals surface area contributed by atoms with Crippen LogP contribution in [-0.4, -0.2) is 18.2 Å². The van der Waals surface area contributed by atoms with Crippen LogP contribution in [0.3, 0.4) is 0 Å². The first kappa shape index (κ1) is 22.6. The van der Waals surface area contributed by atoms with Gasteiger partial charge in [0.1, 0.15) is 0 Å². The van der Waals surface area contributed by atoms with E-state index in [0.717, 1.165) is 11.1 Å². The van der Waals surface area contributed by atoms with E-state index < -0.39 is 10.0 Å². The van der Waals surface area contributed by atoms with Gasteiger partial charge in [0.05, 0.1) is 16.2 Å². The highest BCUT2D eigenvalue weighted by Crippen LogP contribution is 2.38. The average molecular weight is 478 g/mol. The summed E-state index contributed by atoms with van der Waals surface area (Å²) in [6.45, 7) is 1.91. The van der Waals surface area contributed by atoms with Crippen LogP contribution in [0.4, 0.5) is 0 Å². The van der Waals surface area contributed by atoms with Gasteiger partial charge in [-0.1, -0.05) is 109 Å².